The van der Waals surface area contributed by atoms with Gasteiger partial charge >= 0.3 is 0 Å². The number of carbonyl (C=O) groups is 2. The summed E-state index contributed by atoms with van der Waals surface area (Å²) in [5.41, 5.74) is 2.21. The maximum absolute atomic E-state index is 12.6. The average molecular weight is 424 g/mol. The zero-order chi connectivity index (χ0) is 22.6. The maximum Gasteiger partial charge on any atom is 0.244 e. The lowest BCUT2D eigenvalue weighted by Gasteiger charge is -2.22. The minimum absolute atomic E-state index is 0.0192. The first-order valence-corrected chi connectivity index (χ1v) is 10.3. The Hall–Kier alpha value is -3.53. The number of para-hydroxylation sites is 1. The second-order valence-corrected chi connectivity index (χ2v) is 7.11. The molecule has 1 N–H and O–H groups in total. The van der Waals surface area contributed by atoms with Gasteiger partial charge in [-0.3, -0.25) is 9.59 Å². The zero-order valence-electron chi connectivity index (χ0n) is 18.3. The first-order chi connectivity index (χ1) is 15.0. The van der Waals surface area contributed by atoms with Gasteiger partial charge in [-0.05, 0) is 43.5 Å². The molecular weight excluding hydrogens is 394 g/mol. The highest BCUT2D eigenvalue weighted by atomic mass is 16.5. The van der Waals surface area contributed by atoms with Crippen LogP contribution in [0.15, 0.2) is 42.5 Å². The van der Waals surface area contributed by atoms with Crippen molar-refractivity contribution in [3.05, 3.63) is 53.6 Å². The molecule has 7 nitrogen and oxygen atoms in total. The van der Waals surface area contributed by atoms with Crippen LogP contribution in [-0.4, -0.2) is 43.5 Å². The number of anilines is 1. The molecule has 31 heavy (non-hydrogen) atoms. The molecule has 0 saturated carbocycles. The second kappa shape index (κ2) is 12.2. The second-order valence-electron chi connectivity index (χ2n) is 7.11. The Morgan fingerprint density at radius 2 is 1.94 bits per heavy atom. The Bertz CT molecular complexity index is 937. The van der Waals surface area contributed by atoms with Gasteiger partial charge in [-0.25, -0.2) is 0 Å². The Kier molecular flexibility index (Phi) is 9.37. The quantitative estimate of drug-likeness (QED) is 0.553. The van der Waals surface area contributed by atoms with Crippen molar-refractivity contribution in [2.75, 3.05) is 32.1 Å². The molecule has 0 saturated heterocycles. The number of carbonyl (C=O) groups excluding carboxylic acids is 2. The minimum Gasteiger partial charge on any atom is -0.493 e. The van der Waals surface area contributed by atoms with Crippen LogP contribution in [-0.2, 0) is 9.59 Å². The van der Waals surface area contributed by atoms with E-state index >= 15 is 0 Å². The highest BCUT2D eigenvalue weighted by Crippen LogP contribution is 2.28. The van der Waals surface area contributed by atoms with Gasteiger partial charge in [0.05, 0.1) is 31.9 Å². The van der Waals surface area contributed by atoms with Crippen LogP contribution in [0.5, 0.6) is 11.5 Å². The molecule has 0 aliphatic heterocycles. The van der Waals surface area contributed by atoms with Crippen LogP contribution < -0.4 is 14.8 Å². The highest BCUT2D eigenvalue weighted by molar-refractivity contribution is 5.95. The van der Waals surface area contributed by atoms with Gasteiger partial charge in [0.25, 0.3) is 0 Å². The lowest BCUT2D eigenvalue weighted by atomic mass is 10.2. The van der Waals surface area contributed by atoms with Crippen molar-refractivity contribution in [3.63, 3.8) is 0 Å². The summed E-state index contributed by atoms with van der Waals surface area (Å²) in [4.78, 5) is 26.6. The molecule has 0 spiro atoms. The van der Waals surface area contributed by atoms with Crippen LogP contribution in [0.1, 0.15) is 37.3 Å². The summed E-state index contributed by atoms with van der Waals surface area (Å²) >= 11 is 0. The van der Waals surface area contributed by atoms with Gasteiger partial charge in [0.15, 0.2) is 11.5 Å². The van der Waals surface area contributed by atoms with Crippen LogP contribution >= 0.6 is 0 Å². The van der Waals surface area contributed by atoms with Gasteiger partial charge in [-0.1, -0.05) is 25.1 Å². The molecule has 0 atom stereocenters. The summed E-state index contributed by atoms with van der Waals surface area (Å²) in [6, 6.07) is 14.5. The number of methoxy groups -OCH3 is 1. The summed E-state index contributed by atoms with van der Waals surface area (Å²) < 4.78 is 10.9. The Morgan fingerprint density at radius 3 is 2.61 bits per heavy atom. The van der Waals surface area contributed by atoms with Crippen molar-refractivity contribution in [1.29, 1.82) is 5.26 Å². The smallest absolute Gasteiger partial charge is 0.244 e. The summed E-state index contributed by atoms with van der Waals surface area (Å²) in [5.74, 6) is 0.703. The number of aryl methyl sites for hydroxylation is 1. The van der Waals surface area contributed by atoms with E-state index < -0.39 is 0 Å². The fraction of sp³-hybridized carbons (Fsp3) is 0.375. The van der Waals surface area contributed by atoms with E-state index in [1.54, 1.807) is 23.1 Å². The number of hydrogen-bond donors (Lipinski definition) is 1. The van der Waals surface area contributed by atoms with Crippen molar-refractivity contribution < 1.29 is 19.1 Å². The normalized spacial score (nSPS) is 10.1. The molecule has 164 valence electrons. The molecule has 2 aromatic carbocycles. The number of benzene rings is 2. The molecule has 0 fully saturated rings. The molecule has 2 aromatic rings. The van der Waals surface area contributed by atoms with Crippen LogP contribution in [0.4, 0.5) is 5.69 Å². The fourth-order valence-corrected chi connectivity index (χ4v) is 3.06. The predicted molar refractivity (Wildman–Crippen MR) is 119 cm³/mol. The third-order valence-electron chi connectivity index (χ3n) is 4.69. The summed E-state index contributed by atoms with van der Waals surface area (Å²) in [5, 5.41) is 11.8. The van der Waals surface area contributed by atoms with Gasteiger partial charge in [0.1, 0.15) is 0 Å². The van der Waals surface area contributed by atoms with Gasteiger partial charge in [-0.2, -0.15) is 5.26 Å². The first-order valence-electron chi connectivity index (χ1n) is 10.3. The minimum atomic E-state index is -0.213. The lowest BCUT2D eigenvalue weighted by molar-refractivity contribution is -0.134. The van der Waals surface area contributed by atoms with E-state index in [4.69, 9.17) is 14.7 Å². The van der Waals surface area contributed by atoms with E-state index in [1.165, 1.54) is 7.11 Å². The number of ether oxygens (including phenoxy) is 2. The Morgan fingerprint density at radius 1 is 1.16 bits per heavy atom. The molecular formula is C24H29N3O4. The monoisotopic (exact) mass is 423 g/mol. The number of nitriles is 1. The number of amides is 2. The molecule has 0 heterocycles. The zero-order valence-corrected chi connectivity index (χ0v) is 18.3. The third kappa shape index (κ3) is 7.34. The summed E-state index contributed by atoms with van der Waals surface area (Å²) in [6.45, 7) is 4.76. The largest absolute Gasteiger partial charge is 0.493 e. The van der Waals surface area contributed by atoms with Gasteiger partial charge in [0, 0.05) is 24.7 Å². The SMILES string of the molecule is CCCN(CC(=O)Nc1ccccc1C)C(=O)CCCOc1ccc(C#N)cc1OC. The lowest BCUT2D eigenvalue weighted by Crippen LogP contribution is -2.38. The van der Waals surface area contributed by atoms with E-state index in [1.807, 2.05) is 38.1 Å². The van der Waals surface area contributed by atoms with E-state index in [9.17, 15) is 9.59 Å². The van der Waals surface area contributed by atoms with E-state index in [-0.39, 0.29) is 24.8 Å². The van der Waals surface area contributed by atoms with Crippen LogP contribution in [0.25, 0.3) is 0 Å². The van der Waals surface area contributed by atoms with Crippen molar-refractivity contribution >= 4 is 17.5 Å². The van der Waals surface area contributed by atoms with Crippen LogP contribution in [0.3, 0.4) is 0 Å². The highest BCUT2D eigenvalue weighted by Gasteiger charge is 2.17. The molecule has 2 amide bonds. The molecule has 2 rings (SSSR count). The maximum atomic E-state index is 12.6. The number of nitrogens with one attached hydrogen (secondary N) is 1. The molecule has 0 aliphatic rings. The molecule has 0 bridgehead atoms. The molecule has 7 heteroatoms. The first kappa shape index (κ1) is 23.7. The van der Waals surface area contributed by atoms with Crippen LogP contribution in [0, 0.1) is 18.3 Å². The summed E-state index contributed by atoms with van der Waals surface area (Å²) in [7, 11) is 1.51. The number of nitrogens with zero attached hydrogens (tertiary/aromatic N) is 2. The molecule has 0 radical (unpaired) electrons. The topological polar surface area (TPSA) is 91.7 Å². The average Bonchev–Trinajstić information content (AvgIpc) is 2.77. The van der Waals surface area contributed by atoms with Crippen molar-refractivity contribution in [2.24, 2.45) is 0 Å². The van der Waals surface area contributed by atoms with Crippen LogP contribution in [0.2, 0.25) is 0 Å². The molecule has 0 aromatic heterocycles. The van der Waals surface area contributed by atoms with E-state index in [2.05, 4.69) is 11.4 Å². The number of rotatable bonds is 11. The Balaban J connectivity index is 1.85. The van der Waals surface area contributed by atoms with Crippen molar-refractivity contribution in [1.82, 2.24) is 4.90 Å². The Labute approximate surface area is 183 Å². The fourth-order valence-electron chi connectivity index (χ4n) is 3.06. The molecule has 0 unspecified atom stereocenters. The van der Waals surface area contributed by atoms with Crippen molar-refractivity contribution in [2.45, 2.75) is 33.1 Å². The third-order valence-corrected chi connectivity index (χ3v) is 4.69. The van der Waals surface area contributed by atoms with Gasteiger partial charge < -0.3 is 19.7 Å². The van der Waals surface area contributed by atoms with Gasteiger partial charge in [0.2, 0.25) is 11.8 Å². The molecule has 0 aliphatic carbocycles. The van der Waals surface area contributed by atoms with Crippen molar-refractivity contribution in [3.8, 4) is 17.6 Å². The summed E-state index contributed by atoms with van der Waals surface area (Å²) in [6.07, 6.45) is 1.54. The van der Waals surface area contributed by atoms with E-state index in [0.29, 0.717) is 36.6 Å². The predicted octanol–water partition coefficient (Wildman–Crippen LogP) is 3.91. The van der Waals surface area contributed by atoms with E-state index in [0.717, 1.165) is 17.7 Å². The number of hydrogen-bond acceptors (Lipinski definition) is 5. The van der Waals surface area contributed by atoms with Gasteiger partial charge in [-0.15, -0.1) is 0 Å². The standard InChI is InChI=1S/C24H29N3O4/c1-4-13-27(17-23(28)26-20-9-6-5-8-18(20)2)24(29)10-7-14-31-21-12-11-19(16-25)15-22(21)30-3/h5-6,8-9,11-12,15H,4,7,10,13-14,17H2,1-3H3,(H,26,28).